The van der Waals surface area contributed by atoms with Crippen LogP contribution < -0.4 is 5.73 Å². The zero-order valence-electron chi connectivity index (χ0n) is 9.71. The van der Waals surface area contributed by atoms with Gasteiger partial charge in [-0.2, -0.15) is 4.98 Å². The number of anilines is 1. The van der Waals surface area contributed by atoms with Gasteiger partial charge in [-0.25, -0.2) is 4.98 Å². The summed E-state index contributed by atoms with van der Waals surface area (Å²) >= 11 is 7.31. The van der Waals surface area contributed by atoms with Crippen molar-refractivity contribution in [3.05, 3.63) is 46.3 Å². The molecule has 1 aromatic carbocycles. The molecule has 7 heteroatoms. The number of nitrogens with zero attached hydrogens (tertiary/aromatic N) is 3. The van der Waals surface area contributed by atoms with Crippen molar-refractivity contribution in [2.24, 2.45) is 0 Å². The van der Waals surface area contributed by atoms with E-state index in [0.29, 0.717) is 28.3 Å². The quantitative estimate of drug-likeness (QED) is 0.803. The number of hydrogen-bond donors (Lipinski definition) is 1. The van der Waals surface area contributed by atoms with E-state index in [1.165, 1.54) is 11.3 Å². The summed E-state index contributed by atoms with van der Waals surface area (Å²) in [5.74, 6) is 1.01. The molecular weight excluding hydrogens is 284 g/mol. The van der Waals surface area contributed by atoms with Crippen LogP contribution in [0.2, 0.25) is 5.02 Å². The first-order valence-electron chi connectivity index (χ1n) is 5.49. The van der Waals surface area contributed by atoms with Crippen molar-refractivity contribution >= 4 is 28.1 Å². The molecule has 0 amide bonds. The Morgan fingerprint density at radius 3 is 2.95 bits per heavy atom. The number of aromatic nitrogens is 3. The van der Waals surface area contributed by atoms with Gasteiger partial charge in [-0.15, -0.1) is 11.3 Å². The van der Waals surface area contributed by atoms with E-state index in [0.717, 1.165) is 11.3 Å². The van der Waals surface area contributed by atoms with Crippen LogP contribution in [0, 0.1) is 0 Å². The fraction of sp³-hybridized carbons (Fsp3) is 0.0833. The summed E-state index contributed by atoms with van der Waals surface area (Å²) in [5.41, 5.74) is 7.21. The molecule has 3 rings (SSSR count). The Kier molecular flexibility index (Phi) is 3.18. The predicted octanol–water partition coefficient (Wildman–Crippen LogP) is 3.02. The van der Waals surface area contributed by atoms with Crippen molar-refractivity contribution in [2.75, 3.05) is 5.73 Å². The molecular formula is C12H9ClN4OS. The number of benzene rings is 1. The Hall–Kier alpha value is -1.92. The predicted molar refractivity (Wildman–Crippen MR) is 74.1 cm³/mol. The molecule has 2 aromatic heterocycles. The van der Waals surface area contributed by atoms with Crippen molar-refractivity contribution in [1.82, 2.24) is 15.1 Å². The molecule has 5 nitrogen and oxygen atoms in total. The summed E-state index contributed by atoms with van der Waals surface area (Å²) < 4.78 is 5.19. The van der Waals surface area contributed by atoms with E-state index in [-0.39, 0.29) is 0 Å². The Labute approximate surface area is 118 Å². The third kappa shape index (κ3) is 2.74. The third-order valence-corrected chi connectivity index (χ3v) is 3.41. The zero-order valence-corrected chi connectivity index (χ0v) is 11.3. The van der Waals surface area contributed by atoms with Gasteiger partial charge in [-0.3, -0.25) is 0 Å². The van der Waals surface area contributed by atoms with Crippen molar-refractivity contribution in [1.29, 1.82) is 0 Å². The molecule has 0 spiro atoms. The fourth-order valence-electron chi connectivity index (χ4n) is 1.63. The van der Waals surface area contributed by atoms with E-state index >= 15 is 0 Å². The molecule has 19 heavy (non-hydrogen) atoms. The molecule has 0 radical (unpaired) electrons. The number of thiazole rings is 1. The number of hydrogen-bond acceptors (Lipinski definition) is 6. The Morgan fingerprint density at radius 1 is 1.32 bits per heavy atom. The van der Waals surface area contributed by atoms with Crippen LogP contribution in [0.4, 0.5) is 5.13 Å². The Balaban J connectivity index is 1.83. The molecule has 0 aliphatic heterocycles. The second-order valence-corrected chi connectivity index (χ2v) is 5.20. The van der Waals surface area contributed by atoms with Gasteiger partial charge in [0.2, 0.25) is 11.7 Å². The summed E-state index contributed by atoms with van der Waals surface area (Å²) in [4.78, 5) is 8.46. The van der Waals surface area contributed by atoms with Crippen LogP contribution >= 0.6 is 22.9 Å². The first kappa shape index (κ1) is 12.1. The topological polar surface area (TPSA) is 77.8 Å². The van der Waals surface area contributed by atoms with Crippen molar-refractivity contribution < 1.29 is 4.52 Å². The van der Waals surface area contributed by atoms with Gasteiger partial charge in [0.05, 0.1) is 12.1 Å². The van der Waals surface area contributed by atoms with Gasteiger partial charge < -0.3 is 10.3 Å². The minimum absolute atomic E-state index is 0.473. The summed E-state index contributed by atoms with van der Waals surface area (Å²) in [6, 6.07) is 7.30. The van der Waals surface area contributed by atoms with Crippen LogP contribution in [0.5, 0.6) is 0 Å². The third-order valence-electron chi connectivity index (χ3n) is 2.45. The molecule has 0 aliphatic rings. The highest BCUT2D eigenvalue weighted by molar-refractivity contribution is 7.13. The minimum atomic E-state index is 0.473. The second-order valence-electron chi connectivity index (χ2n) is 3.88. The second kappa shape index (κ2) is 4.99. The van der Waals surface area contributed by atoms with Crippen molar-refractivity contribution in [3.63, 3.8) is 0 Å². The summed E-state index contributed by atoms with van der Waals surface area (Å²) in [7, 11) is 0. The number of rotatable bonds is 3. The average molecular weight is 293 g/mol. The molecule has 0 saturated carbocycles. The highest BCUT2D eigenvalue weighted by Gasteiger charge is 2.11. The lowest BCUT2D eigenvalue weighted by Crippen LogP contribution is -1.90. The van der Waals surface area contributed by atoms with Gasteiger partial charge >= 0.3 is 0 Å². The molecule has 0 saturated heterocycles. The summed E-state index contributed by atoms with van der Waals surface area (Å²) in [6.45, 7) is 0. The maximum atomic E-state index is 5.93. The summed E-state index contributed by atoms with van der Waals surface area (Å²) in [6.07, 6.45) is 0.473. The zero-order chi connectivity index (χ0) is 13.2. The smallest absolute Gasteiger partial charge is 0.233 e. The average Bonchev–Trinajstić information content (AvgIpc) is 2.99. The SMILES string of the molecule is Nc1nc(Cc2nc(-c3cccc(Cl)c3)no2)cs1. The molecule has 3 aromatic rings. The largest absolute Gasteiger partial charge is 0.375 e. The lowest BCUT2D eigenvalue weighted by Gasteiger charge is -1.93. The molecule has 0 unspecified atom stereocenters. The van der Waals surface area contributed by atoms with Gasteiger partial charge in [-0.05, 0) is 12.1 Å². The highest BCUT2D eigenvalue weighted by Crippen LogP contribution is 2.21. The van der Waals surface area contributed by atoms with E-state index in [1.807, 2.05) is 17.5 Å². The molecule has 0 aliphatic carbocycles. The summed E-state index contributed by atoms with van der Waals surface area (Å²) in [5, 5.41) is 6.97. The van der Waals surface area contributed by atoms with Crippen LogP contribution in [-0.2, 0) is 6.42 Å². The monoisotopic (exact) mass is 292 g/mol. The number of nitrogen functional groups attached to an aromatic ring is 1. The standard InChI is InChI=1S/C12H9ClN4OS/c13-8-3-1-2-7(4-8)11-16-10(18-17-11)5-9-6-19-12(14)15-9/h1-4,6H,5H2,(H2,14,15). The van der Waals surface area contributed by atoms with Crippen molar-refractivity contribution in [3.8, 4) is 11.4 Å². The van der Waals surface area contributed by atoms with Crippen molar-refractivity contribution in [2.45, 2.75) is 6.42 Å². The first-order chi connectivity index (χ1) is 9.20. The molecule has 2 N–H and O–H groups in total. The molecule has 0 bridgehead atoms. The number of halogens is 1. The maximum Gasteiger partial charge on any atom is 0.233 e. The Morgan fingerprint density at radius 2 is 2.21 bits per heavy atom. The van der Waals surface area contributed by atoms with Gasteiger partial charge in [0.1, 0.15) is 0 Å². The molecule has 96 valence electrons. The van der Waals surface area contributed by atoms with Gasteiger partial charge in [0.25, 0.3) is 0 Å². The highest BCUT2D eigenvalue weighted by atomic mass is 35.5. The van der Waals surface area contributed by atoms with Gasteiger partial charge in [-0.1, -0.05) is 28.9 Å². The van der Waals surface area contributed by atoms with Crippen LogP contribution in [-0.4, -0.2) is 15.1 Å². The lowest BCUT2D eigenvalue weighted by molar-refractivity contribution is 0.385. The fourth-order valence-corrected chi connectivity index (χ4v) is 2.38. The van der Waals surface area contributed by atoms with Crippen LogP contribution in [0.3, 0.4) is 0 Å². The van der Waals surface area contributed by atoms with Gasteiger partial charge in [0, 0.05) is 16.0 Å². The van der Waals surface area contributed by atoms with E-state index in [2.05, 4.69) is 15.1 Å². The van der Waals surface area contributed by atoms with Crippen LogP contribution in [0.25, 0.3) is 11.4 Å². The molecule has 0 fully saturated rings. The Bertz CT molecular complexity index is 709. The van der Waals surface area contributed by atoms with E-state index < -0.39 is 0 Å². The molecule has 0 atom stereocenters. The lowest BCUT2D eigenvalue weighted by atomic mass is 10.2. The van der Waals surface area contributed by atoms with E-state index in [9.17, 15) is 0 Å². The van der Waals surface area contributed by atoms with Crippen LogP contribution in [0.15, 0.2) is 34.2 Å². The molecule has 2 heterocycles. The normalized spacial score (nSPS) is 10.8. The first-order valence-corrected chi connectivity index (χ1v) is 6.75. The van der Waals surface area contributed by atoms with E-state index in [4.69, 9.17) is 21.9 Å². The van der Waals surface area contributed by atoms with Gasteiger partial charge in [0.15, 0.2) is 5.13 Å². The maximum absolute atomic E-state index is 5.93. The minimum Gasteiger partial charge on any atom is -0.375 e. The number of nitrogens with two attached hydrogens (primary N) is 1. The van der Waals surface area contributed by atoms with E-state index in [1.54, 1.807) is 12.1 Å². The van der Waals surface area contributed by atoms with Crippen LogP contribution in [0.1, 0.15) is 11.6 Å².